The zero-order chi connectivity index (χ0) is 26.6. The number of hydrogen-bond donors (Lipinski definition) is 1. The van der Waals surface area contributed by atoms with Gasteiger partial charge < -0.3 is 5.43 Å². The highest BCUT2D eigenvalue weighted by atomic mass is 35.5. The van der Waals surface area contributed by atoms with Crippen molar-refractivity contribution < 1.29 is 39.5 Å². The summed E-state index contributed by atoms with van der Waals surface area (Å²) in [6, 6.07) is 3.59. The van der Waals surface area contributed by atoms with E-state index in [0.717, 1.165) is 16.8 Å². The van der Waals surface area contributed by atoms with Crippen molar-refractivity contribution in [2.75, 3.05) is 12.5 Å². The quantitative estimate of drug-likeness (QED) is 0.303. The largest absolute Gasteiger partial charge is 0.435 e. The minimum absolute atomic E-state index is 0.247. The summed E-state index contributed by atoms with van der Waals surface area (Å²) in [4.78, 5) is 14.4. The molecule has 4 rings (SSSR count). The molecule has 0 amide bonds. The van der Waals surface area contributed by atoms with Gasteiger partial charge in [0.15, 0.2) is 23.0 Å². The maximum atomic E-state index is 13.9. The van der Waals surface area contributed by atoms with E-state index in [-0.39, 0.29) is 16.1 Å². The van der Waals surface area contributed by atoms with E-state index in [1.54, 1.807) is 0 Å². The standard InChI is InChI=1S/C20H10ClF9N6/c1-31-36-16(10-6-9(18(22,23)24)3-4-11(10)21)33-13-14(20(28,29)30)34-15(35-17(13)36)8-2-5-12(32-7-8)19(25,26)27/h2-7,31H,1H3. The van der Waals surface area contributed by atoms with Crippen molar-refractivity contribution >= 4 is 22.8 Å². The minimum Gasteiger partial charge on any atom is -0.326 e. The van der Waals surface area contributed by atoms with Crippen LogP contribution in [0.3, 0.4) is 0 Å². The molecule has 0 saturated carbocycles. The van der Waals surface area contributed by atoms with Gasteiger partial charge in [-0.25, -0.2) is 19.6 Å². The van der Waals surface area contributed by atoms with Gasteiger partial charge in [0.05, 0.1) is 10.6 Å². The lowest BCUT2D eigenvalue weighted by atomic mass is 10.1. The predicted octanol–water partition coefficient (Wildman–Crippen LogP) is 6.44. The molecule has 0 unspecified atom stereocenters. The Kier molecular flexibility index (Phi) is 6.01. The lowest BCUT2D eigenvalue weighted by Gasteiger charge is -2.12. The first-order valence-electron chi connectivity index (χ1n) is 9.57. The van der Waals surface area contributed by atoms with Crippen molar-refractivity contribution in [3.8, 4) is 22.8 Å². The average molecular weight is 541 g/mol. The number of pyridine rings is 1. The Morgan fingerprint density at radius 3 is 2.06 bits per heavy atom. The van der Waals surface area contributed by atoms with Gasteiger partial charge in [-0.15, -0.1) is 0 Å². The molecule has 3 heterocycles. The van der Waals surface area contributed by atoms with Gasteiger partial charge in [0.25, 0.3) is 0 Å². The summed E-state index contributed by atoms with van der Waals surface area (Å²) in [5.41, 5.74) is -3.49. The van der Waals surface area contributed by atoms with Gasteiger partial charge in [-0.1, -0.05) is 11.6 Å². The second-order valence-corrected chi connectivity index (χ2v) is 7.59. The fourth-order valence-corrected chi connectivity index (χ4v) is 3.45. The van der Waals surface area contributed by atoms with Crippen LogP contribution in [0.25, 0.3) is 33.9 Å². The molecule has 0 aliphatic carbocycles. The highest BCUT2D eigenvalue weighted by Crippen LogP contribution is 2.39. The Bertz CT molecular complexity index is 1440. The normalized spacial score (nSPS) is 12.9. The molecule has 36 heavy (non-hydrogen) atoms. The average Bonchev–Trinajstić information content (AvgIpc) is 3.15. The lowest BCUT2D eigenvalue weighted by Crippen LogP contribution is -2.14. The molecule has 1 N–H and O–H groups in total. The van der Waals surface area contributed by atoms with Gasteiger partial charge in [0.2, 0.25) is 0 Å². The second-order valence-electron chi connectivity index (χ2n) is 7.18. The predicted molar refractivity (Wildman–Crippen MR) is 109 cm³/mol. The molecular weight excluding hydrogens is 531 g/mol. The van der Waals surface area contributed by atoms with Gasteiger partial charge in [-0.05, 0) is 30.3 Å². The molecule has 1 aromatic carbocycles. The van der Waals surface area contributed by atoms with E-state index in [0.29, 0.717) is 24.4 Å². The molecule has 0 bridgehead atoms. The van der Waals surface area contributed by atoms with E-state index >= 15 is 0 Å². The topological polar surface area (TPSA) is 68.5 Å². The lowest BCUT2D eigenvalue weighted by molar-refractivity contribution is -0.141. The molecule has 0 aliphatic heterocycles. The molecule has 3 aromatic heterocycles. The third-order valence-corrected chi connectivity index (χ3v) is 5.18. The number of imidazole rings is 1. The van der Waals surface area contributed by atoms with Gasteiger partial charge in [-0.3, -0.25) is 4.98 Å². The van der Waals surface area contributed by atoms with Crippen LogP contribution >= 0.6 is 11.6 Å². The van der Waals surface area contributed by atoms with Crippen LogP contribution < -0.4 is 5.43 Å². The van der Waals surface area contributed by atoms with Crippen molar-refractivity contribution in [1.29, 1.82) is 0 Å². The maximum Gasteiger partial charge on any atom is 0.435 e. The van der Waals surface area contributed by atoms with Crippen molar-refractivity contribution in [2.45, 2.75) is 18.5 Å². The Labute approximate surface area is 199 Å². The van der Waals surface area contributed by atoms with Crippen LogP contribution in [0.15, 0.2) is 36.5 Å². The van der Waals surface area contributed by atoms with Gasteiger partial charge >= 0.3 is 18.5 Å². The molecule has 0 atom stereocenters. The minimum atomic E-state index is -5.11. The zero-order valence-electron chi connectivity index (χ0n) is 17.5. The van der Waals surface area contributed by atoms with E-state index in [1.807, 2.05) is 0 Å². The summed E-state index contributed by atoms with van der Waals surface area (Å²) in [7, 11) is 1.24. The summed E-state index contributed by atoms with van der Waals surface area (Å²) in [5.74, 6) is -1.08. The summed E-state index contributed by atoms with van der Waals surface area (Å²) >= 11 is 6.04. The van der Waals surface area contributed by atoms with E-state index in [2.05, 4.69) is 25.4 Å². The Morgan fingerprint density at radius 2 is 1.53 bits per heavy atom. The molecule has 0 saturated heterocycles. The number of nitrogens with zero attached hydrogens (tertiary/aromatic N) is 5. The first kappa shape index (κ1) is 25.5. The van der Waals surface area contributed by atoms with Crippen LogP contribution in [0, 0.1) is 0 Å². The van der Waals surface area contributed by atoms with Gasteiger partial charge in [-0.2, -0.15) is 39.5 Å². The number of aromatic nitrogens is 5. The number of fused-ring (bicyclic) bond motifs is 1. The zero-order valence-corrected chi connectivity index (χ0v) is 18.2. The number of nitrogens with one attached hydrogen (secondary N) is 1. The second kappa shape index (κ2) is 8.50. The molecule has 0 spiro atoms. The summed E-state index contributed by atoms with van der Waals surface area (Å²) in [5, 5.41) is -0.247. The Balaban J connectivity index is 1.99. The van der Waals surface area contributed by atoms with Crippen molar-refractivity contribution in [3.63, 3.8) is 0 Å². The first-order chi connectivity index (χ1) is 16.6. The Hall–Kier alpha value is -3.62. The molecule has 0 aliphatic rings. The number of rotatable bonds is 3. The molecule has 6 nitrogen and oxygen atoms in total. The van der Waals surface area contributed by atoms with Crippen molar-refractivity contribution in [1.82, 2.24) is 24.6 Å². The van der Waals surface area contributed by atoms with Crippen molar-refractivity contribution in [2.24, 2.45) is 0 Å². The Morgan fingerprint density at radius 1 is 0.833 bits per heavy atom. The van der Waals surface area contributed by atoms with E-state index in [4.69, 9.17) is 11.6 Å². The maximum absolute atomic E-state index is 13.9. The summed E-state index contributed by atoms with van der Waals surface area (Å²) in [6.45, 7) is 0. The third-order valence-electron chi connectivity index (χ3n) is 4.85. The first-order valence-corrected chi connectivity index (χ1v) is 9.95. The monoisotopic (exact) mass is 540 g/mol. The highest BCUT2D eigenvalue weighted by Gasteiger charge is 2.39. The highest BCUT2D eigenvalue weighted by molar-refractivity contribution is 6.33. The van der Waals surface area contributed by atoms with Crippen LogP contribution in [0.4, 0.5) is 39.5 Å². The summed E-state index contributed by atoms with van der Waals surface area (Å²) < 4.78 is 121. The number of benzene rings is 1. The molecule has 16 heteroatoms. The number of alkyl halides is 9. The molecular formula is C20H10ClF9N6. The fraction of sp³-hybridized carbons (Fsp3) is 0.200. The van der Waals surface area contributed by atoms with E-state index in [1.165, 1.54) is 7.05 Å². The smallest absolute Gasteiger partial charge is 0.326 e. The molecule has 4 aromatic rings. The van der Waals surface area contributed by atoms with Crippen LogP contribution in [0.2, 0.25) is 5.02 Å². The van der Waals surface area contributed by atoms with Gasteiger partial charge in [0.1, 0.15) is 11.2 Å². The molecule has 0 radical (unpaired) electrons. The fourth-order valence-electron chi connectivity index (χ4n) is 3.24. The SMILES string of the molecule is CNn1c(-c2cc(C(F)(F)F)ccc2Cl)nc2c(C(F)(F)F)nc(-c3ccc(C(F)(F)F)nc3)nc21. The molecule has 0 fully saturated rings. The van der Waals surface area contributed by atoms with Crippen LogP contribution in [0.1, 0.15) is 17.0 Å². The van der Waals surface area contributed by atoms with E-state index in [9.17, 15) is 39.5 Å². The van der Waals surface area contributed by atoms with Gasteiger partial charge in [0, 0.05) is 24.4 Å². The van der Waals surface area contributed by atoms with Crippen LogP contribution in [-0.2, 0) is 18.5 Å². The van der Waals surface area contributed by atoms with Crippen LogP contribution in [0.5, 0.6) is 0 Å². The third kappa shape index (κ3) is 4.62. The molecule has 190 valence electrons. The van der Waals surface area contributed by atoms with Crippen molar-refractivity contribution in [3.05, 3.63) is 58.5 Å². The van der Waals surface area contributed by atoms with E-state index < -0.39 is 58.3 Å². The number of hydrogen-bond acceptors (Lipinski definition) is 5. The summed E-state index contributed by atoms with van der Waals surface area (Å²) in [6.07, 6.45) is -14.0. The van der Waals surface area contributed by atoms with Crippen LogP contribution in [-0.4, -0.2) is 31.7 Å². The number of halogens is 10.